The molecule has 1 amide bonds. The van der Waals surface area contributed by atoms with E-state index in [1.54, 1.807) is 23.1 Å². The second-order valence-electron chi connectivity index (χ2n) is 7.40. The number of benzene rings is 3. The number of rotatable bonds is 7. The second-order valence-corrected chi connectivity index (χ2v) is 9.09. The Balaban J connectivity index is 1.58. The van der Waals surface area contributed by atoms with Gasteiger partial charge in [-0.2, -0.15) is 0 Å². The number of sulfonamides is 1. The molecule has 8 heteroatoms. The van der Waals surface area contributed by atoms with Crippen molar-refractivity contribution in [3.8, 4) is 0 Å². The molecule has 1 saturated carbocycles. The number of nitrogens with zero attached hydrogens (tertiary/aromatic N) is 1. The van der Waals surface area contributed by atoms with Crippen LogP contribution in [0.4, 0.5) is 14.5 Å². The molecule has 1 fully saturated rings. The van der Waals surface area contributed by atoms with Gasteiger partial charge in [0.15, 0.2) is 0 Å². The molecule has 0 saturated heterocycles. The zero-order valence-corrected chi connectivity index (χ0v) is 17.3. The molecule has 0 radical (unpaired) electrons. The lowest BCUT2D eigenvalue weighted by atomic mass is 10.1. The number of hydrogen-bond acceptors (Lipinski definition) is 3. The lowest BCUT2D eigenvalue weighted by molar-refractivity contribution is 0.0729. The quantitative estimate of drug-likeness (QED) is 0.583. The molecule has 3 aromatic rings. The molecule has 1 aliphatic carbocycles. The summed E-state index contributed by atoms with van der Waals surface area (Å²) in [6.45, 7) is 0.300. The molecule has 4 rings (SSSR count). The van der Waals surface area contributed by atoms with Crippen LogP contribution in [0.5, 0.6) is 0 Å². The maximum atomic E-state index is 13.9. The molecule has 1 N–H and O–H groups in total. The summed E-state index contributed by atoms with van der Waals surface area (Å²) in [4.78, 5) is 14.7. The van der Waals surface area contributed by atoms with Gasteiger partial charge in [-0.15, -0.1) is 0 Å². The molecule has 0 spiro atoms. The monoisotopic (exact) mass is 442 g/mol. The van der Waals surface area contributed by atoms with Gasteiger partial charge in [-0.05, 0) is 60.9 Å². The van der Waals surface area contributed by atoms with Crippen molar-refractivity contribution in [1.82, 2.24) is 4.90 Å². The molecule has 160 valence electrons. The van der Waals surface area contributed by atoms with E-state index in [4.69, 9.17) is 0 Å². The van der Waals surface area contributed by atoms with E-state index < -0.39 is 15.8 Å². The van der Waals surface area contributed by atoms with E-state index in [1.165, 1.54) is 48.5 Å². The molecule has 0 bridgehead atoms. The topological polar surface area (TPSA) is 66.5 Å². The van der Waals surface area contributed by atoms with E-state index in [1.807, 2.05) is 0 Å². The van der Waals surface area contributed by atoms with Gasteiger partial charge in [0.05, 0.1) is 10.6 Å². The predicted molar refractivity (Wildman–Crippen MR) is 113 cm³/mol. The fourth-order valence-electron chi connectivity index (χ4n) is 3.25. The first kappa shape index (κ1) is 21.0. The zero-order chi connectivity index (χ0) is 22.0. The standard InChI is InChI=1S/C23H20F2N2O3S/c24-18-10-8-16(9-11-18)15-27(19-12-13-19)23(28)17-4-3-5-20(14-17)31(29,30)26-22-7-2-1-6-21(22)25/h1-11,14,19,26H,12-13,15H2. The van der Waals surface area contributed by atoms with Gasteiger partial charge in [0, 0.05) is 18.2 Å². The summed E-state index contributed by atoms with van der Waals surface area (Å²) in [5, 5.41) is 0. The number of para-hydroxylation sites is 1. The van der Waals surface area contributed by atoms with Crippen molar-refractivity contribution in [2.75, 3.05) is 4.72 Å². The molecule has 0 aromatic heterocycles. The number of anilines is 1. The third kappa shape index (κ3) is 4.91. The first-order valence-corrected chi connectivity index (χ1v) is 11.2. The third-order valence-corrected chi connectivity index (χ3v) is 6.39. The predicted octanol–water partition coefficient (Wildman–Crippen LogP) is 4.57. The van der Waals surface area contributed by atoms with Crippen LogP contribution in [-0.4, -0.2) is 25.3 Å². The Kier molecular flexibility index (Phi) is 5.73. The van der Waals surface area contributed by atoms with E-state index in [-0.39, 0.29) is 33.9 Å². The van der Waals surface area contributed by atoms with Gasteiger partial charge in [-0.3, -0.25) is 9.52 Å². The molecular weight excluding hydrogens is 422 g/mol. The summed E-state index contributed by atoms with van der Waals surface area (Å²) >= 11 is 0. The van der Waals surface area contributed by atoms with Crippen molar-refractivity contribution in [3.63, 3.8) is 0 Å². The molecule has 0 aliphatic heterocycles. The molecular formula is C23H20F2N2O3S. The molecule has 1 aliphatic rings. The summed E-state index contributed by atoms with van der Waals surface area (Å²) in [5.41, 5.74) is 0.826. The molecule has 5 nitrogen and oxygen atoms in total. The average molecular weight is 442 g/mol. The minimum absolute atomic E-state index is 0.0642. The van der Waals surface area contributed by atoms with Crippen molar-refractivity contribution < 1.29 is 22.0 Å². The molecule has 3 aromatic carbocycles. The van der Waals surface area contributed by atoms with Crippen molar-refractivity contribution in [1.29, 1.82) is 0 Å². The van der Waals surface area contributed by atoms with Crippen LogP contribution in [0.2, 0.25) is 0 Å². The highest BCUT2D eigenvalue weighted by molar-refractivity contribution is 7.92. The highest BCUT2D eigenvalue weighted by Gasteiger charge is 2.33. The van der Waals surface area contributed by atoms with Crippen molar-refractivity contribution in [2.45, 2.75) is 30.3 Å². The maximum absolute atomic E-state index is 13.9. The summed E-state index contributed by atoms with van der Waals surface area (Å²) in [6.07, 6.45) is 1.72. The van der Waals surface area contributed by atoms with Crippen LogP contribution < -0.4 is 4.72 Å². The molecule has 31 heavy (non-hydrogen) atoms. The maximum Gasteiger partial charge on any atom is 0.262 e. The Hall–Kier alpha value is -3.26. The van der Waals surface area contributed by atoms with Crippen LogP contribution in [-0.2, 0) is 16.6 Å². The van der Waals surface area contributed by atoms with Crippen molar-refractivity contribution >= 4 is 21.6 Å². The third-order valence-electron chi connectivity index (χ3n) is 5.02. The normalized spacial score (nSPS) is 13.6. The molecule has 0 heterocycles. The van der Waals surface area contributed by atoms with Crippen LogP contribution in [0.1, 0.15) is 28.8 Å². The fraction of sp³-hybridized carbons (Fsp3) is 0.174. The Labute approximate surface area is 179 Å². The van der Waals surface area contributed by atoms with Crippen LogP contribution in [0.15, 0.2) is 77.7 Å². The Bertz CT molecular complexity index is 1210. The van der Waals surface area contributed by atoms with Crippen molar-refractivity contribution in [3.05, 3.63) is 95.6 Å². The fourth-order valence-corrected chi connectivity index (χ4v) is 4.36. The number of amides is 1. The minimum atomic E-state index is -4.09. The Morgan fingerprint density at radius 3 is 2.35 bits per heavy atom. The molecule has 0 atom stereocenters. The number of nitrogens with one attached hydrogen (secondary N) is 1. The van der Waals surface area contributed by atoms with E-state index in [2.05, 4.69) is 4.72 Å². The Morgan fingerprint density at radius 2 is 1.68 bits per heavy atom. The van der Waals surface area contributed by atoms with Gasteiger partial charge < -0.3 is 4.90 Å². The van der Waals surface area contributed by atoms with Crippen LogP contribution in [0, 0.1) is 11.6 Å². The lowest BCUT2D eigenvalue weighted by Gasteiger charge is -2.23. The highest BCUT2D eigenvalue weighted by atomic mass is 32.2. The van der Waals surface area contributed by atoms with Gasteiger partial charge in [0.25, 0.3) is 15.9 Å². The summed E-state index contributed by atoms with van der Waals surface area (Å²) in [5.74, 6) is -1.36. The molecule has 0 unspecified atom stereocenters. The summed E-state index contributed by atoms with van der Waals surface area (Å²) < 4.78 is 54.7. The highest BCUT2D eigenvalue weighted by Crippen LogP contribution is 2.30. The smallest absolute Gasteiger partial charge is 0.262 e. The SMILES string of the molecule is O=C(c1cccc(S(=O)(=O)Nc2ccccc2F)c1)N(Cc1ccc(F)cc1)C1CC1. The number of carbonyl (C=O) groups is 1. The van der Waals surface area contributed by atoms with Crippen molar-refractivity contribution in [2.24, 2.45) is 0 Å². The minimum Gasteiger partial charge on any atom is -0.331 e. The van der Waals surface area contributed by atoms with Crippen LogP contribution in [0.3, 0.4) is 0 Å². The Morgan fingerprint density at radius 1 is 0.968 bits per heavy atom. The average Bonchev–Trinajstić information content (AvgIpc) is 3.60. The second kappa shape index (κ2) is 8.47. The zero-order valence-electron chi connectivity index (χ0n) is 16.5. The number of halogens is 2. The number of hydrogen-bond donors (Lipinski definition) is 1. The first-order chi connectivity index (χ1) is 14.8. The van der Waals surface area contributed by atoms with E-state index in [0.717, 1.165) is 24.5 Å². The first-order valence-electron chi connectivity index (χ1n) is 9.76. The number of carbonyl (C=O) groups excluding carboxylic acids is 1. The van der Waals surface area contributed by atoms with Gasteiger partial charge in [0.2, 0.25) is 0 Å². The lowest BCUT2D eigenvalue weighted by Crippen LogP contribution is -2.32. The van der Waals surface area contributed by atoms with Gasteiger partial charge in [0.1, 0.15) is 11.6 Å². The largest absolute Gasteiger partial charge is 0.331 e. The van der Waals surface area contributed by atoms with E-state index in [9.17, 15) is 22.0 Å². The van der Waals surface area contributed by atoms with Gasteiger partial charge >= 0.3 is 0 Å². The van der Waals surface area contributed by atoms with Crippen LogP contribution >= 0.6 is 0 Å². The van der Waals surface area contributed by atoms with Crippen LogP contribution in [0.25, 0.3) is 0 Å². The van der Waals surface area contributed by atoms with E-state index >= 15 is 0 Å². The van der Waals surface area contributed by atoms with E-state index in [0.29, 0.717) is 6.54 Å². The summed E-state index contributed by atoms with van der Waals surface area (Å²) in [7, 11) is -4.09. The van der Waals surface area contributed by atoms with Gasteiger partial charge in [-0.25, -0.2) is 17.2 Å². The summed E-state index contributed by atoms with van der Waals surface area (Å²) in [6, 6.07) is 17.1. The van der Waals surface area contributed by atoms with Gasteiger partial charge in [-0.1, -0.05) is 30.3 Å².